The third-order valence-electron chi connectivity index (χ3n) is 5.33. The van der Waals surface area contributed by atoms with Gasteiger partial charge < -0.3 is 19.4 Å². The number of rotatable bonds is 1. The Morgan fingerprint density at radius 2 is 1.96 bits per heavy atom. The number of ether oxygens (including phenoxy) is 2. The van der Waals surface area contributed by atoms with E-state index in [1.807, 2.05) is 42.2 Å². The fourth-order valence-corrected chi connectivity index (χ4v) is 4.31. The molecule has 1 N–H and O–H groups in total. The number of fused-ring (bicyclic) bond motifs is 4. The van der Waals surface area contributed by atoms with E-state index < -0.39 is 6.10 Å². The fourth-order valence-electron chi connectivity index (χ4n) is 3.95. The van der Waals surface area contributed by atoms with E-state index in [2.05, 4.69) is 33.0 Å². The van der Waals surface area contributed by atoms with Crippen molar-refractivity contribution in [3.8, 4) is 11.5 Å². The zero-order valence-electron chi connectivity index (χ0n) is 14.9. The molecule has 2 aliphatic rings. The number of aromatic nitrogens is 1. The number of amides is 1. The van der Waals surface area contributed by atoms with Crippen molar-refractivity contribution in [3.05, 3.63) is 58.2 Å². The summed E-state index contributed by atoms with van der Waals surface area (Å²) in [5.41, 5.74) is 3.51. The van der Waals surface area contributed by atoms with Crippen LogP contribution >= 0.6 is 15.9 Å². The molecule has 3 aromatic rings. The predicted octanol–water partition coefficient (Wildman–Crippen LogP) is 4.04. The van der Waals surface area contributed by atoms with Gasteiger partial charge in [0.25, 0.3) is 5.91 Å². The number of benzene rings is 2. The first-order chi connectivity index (χ1) is 13.1. The summed E-state index contributed by atoms with van der Waals surface area (Å²) < 4.78 is 13.0. The molecule has 6 heteroatoms. The predicted molar refractivity (Wildman–Crippen MR) is 106 cm³/mol. The second-order valence-corrected chi connectivity index (χ2v) is 8.01. The highest BCUT2D eigenvalue weighted by Gasteiger charge is 2.38. The van der Waals surface area contributed by atoms with Gasteiger partial charge in [-0.05, 0) is 37.3 Å². The monoisotopic (exact) mass is 426 g/mol. The average molecular weight is 427 g/mol. The summed E-state index contributed by atoms with van der Waals surface area (Å²) in [7, 11) is 0. The van der Waals surface area contributed by atoms with E-state index in [-0.39, 0.29) is 12.0 Å². The lowest BCUT2D eigenvalue weighted by atomic mass is 10.0. The molecule has 5 nitrogen and oxygen atoms in total. The molecular formula is C21H19BrN2O3. The molecule has 2 atom stereocenters. The molecule has 0 spiro atoms. The standard InChI is InChI=1S/C21H19BrN2O3/c1-12-20(27-19-5-3-2-4-18(19)26-12)21(25)24-9-8-17-15(11-24)14-10-13(22)6-7-16(14)23-17/h2-7,10,12,20,23H,8-9,11H2,1H3. The number of halogens is 1. The minimum atomic E-state index is -0.626. The fraction of sp³-hybridized carbons (Fsp3) is 0.286. The van der Waals surface area contributed by atoms with E-state index in [1.165, 1.54) is 11.3 Å². The summed E-state index contributed by atoms with van der Waals surface area (Å²) in [4.78, 5) is 18.6. The van der Waals surface area contributed by atoms with E-state index in [0.29, 0.717) is 24.6 Å². The molecule has 138 valence electrons. The van der Waals surface area contributed by atoms with Crippen LogP contribution in [-0.4, -0.2) is 34.5 Å². The average Bonchev–Trinajstić information content (AvgIpc) is 3.04. The van der Waals surface area contributed by atoms with Crippen LogP contribution in [0.4, 0.5) is 0 Å². The molecule has 0 radical (unpaired) electrons. The SMILES string of the molecule is CC1Oc2ccccc2OC1C(=O)N1CCc2[nH]c3ccc(Br)cc3c2C1. The van der Waals surface area contributed by atoms with Crippen LogP contribution in [0.25, 0.3) is 10.9 Å². The number of hydrogen-bond acceptors (Lipinski definition) is 3. The smallest absolute Gasteiger partial charge is 0.267 e. The third kappa shape index (κ3) is 2.79. The summed E-state index contributed by atoms with van der Waals surface area (Å²) >= 11 is 3.54. The number of carbonyl (C=O) groups is 1. The molecule has 2 aromatic carbocycles. The zero-order valence-corrected chi connectivity index (χ0v) is 16.5. The van der Waals surface area contributed by atoms with Crippen LogP contribution in [0.1, 0.15) is 18.2 Å². The van der Waals surface area contributed by atoms with Gasteiger partial charge in [0.1, 0.15) is 6.10 Å². The molecule has 5 rings (SSSR count). The minimum absolute atomic E-state index is 0.0213. The largest absolute Gasteiger partial charge is 0.482 e. The Morgan fingerprint density at radius 3 is 2.78 bits per heavy atom. The van der Waals surface area contributed by atoms with Crippen LogP contribution in [0, 0.1) is 0 Å². The molecule has 2 aliphatic heterocycles. The Kier molecular flexibility index (Phi) is 3.90. The molecule has 2 unspecified atom stereocenters. The number of aromatic amines is 1. The molecule has 0 bridgehead atoms. The van der Waals surface area contributed by atoms with Crippen molar-refractivity contribution >= 4 is 32.7 Å². The van der Waals surface area contributed by atoms with Gasteiger partial charge in [-0.2, -0.15) is 0 Å². The molecule has 0 aliphatic carbocycles. The Bertz CT molecular complexity index is 1050. The number of hydrogen-bond donors (Lipinski definition) is 1. The van der Waals surface area contributed by atoms with E-state index in [1.54, 1.807) is 0 Å². The first-order valence-electron chi connectivity index (χ1n) is 9.10. The highest BCUT2D eigenvalue weighted by molar-refractivity contribution is 9.10. The van der Waals surface area contributed by atoms with E-state index in [4.69, 9.17) is 9.47 Å². The van der Waals surface area contributed by atoms with Crippen molar-refractivity contribution in [2.75, 3.05) is 6.54 Å². The summed E-state index contributed by atoms with van der Waals surface area (Å²) in [5, 5.41) is 1.16. The van der Waals surface area contributed by atoms with Crippen LogP contribution in [0.3, 0.4) is 0 Å². The molecule has 1 amide bonds. The molecule has 3 heterocycles. The second kappa shape index (κ2) is 6.30. The van der Waals surface area contributed by atoms with Crippen LogP contribution in [0.15, 0.2) is 46.9 Å². The van der Waals surface area contributed by atoms with Gasteiger partial charge in [-0.3, -0.25) is 4.79 Å². The lowest BCUT2D eigenvalue weighted by Gasteiger charge is -2.36. The Morgan fingerprint density at radius 1 is 1.19 bits per heavy atom. The summed E-state index contributed by atoms with van der Waals surface area (Å²) in [6.07, 6.45) is -0.143. The van der Waals surface area contributed by atoms with Gasteiger partial charge in [-0.15, -0.1) is 0 Å². The van der Waals surface area contributed by atoms with Gasteiger partial charge in [-0.1, -0.05) is 28.1 Å². The highest BCUT2D eigenvalue weighted by Crippen LogP contribution is 2.35. The number of carbonyl (C=O) groups excluding carboxylic acids is 1. The Labute approximate surface area is 165 Å². The maximum Gasteiger partial charge on any atom is 0.267 e. The first-order valence-corrected chi connectivity index (χ1v) is 9.89. The van der Waals surface area contributed by atoms with Crippen molar-refractivity contribution in [2.45, 2.75) is 32.1 Å². The molecular weight excluding hydrogens is 408 g/mol. The maximum atomic E-state index is 13.2. The Balaban J connectivity index is 1.42. The molecule has 27 heavy (non-hydrogen) atoms. The van der Waals surface area contributed by atoms with Crippen molar-refractivity contribution in [1.29, 1.82) is 0 Å². The quantitative estimate of drug-likeness (QED) is 0.638. The zero-order chi connectivity index (χ0) is 18.5. The number of nitrogens with one attached hydrogen (secondary N) is 1. The van der Waals surface area contributed by atoms with Crippen molar-refractivity contribution in [2.24, 2.45) is 0 Å². The normalized spacial score (nSPS) is 21.2. The van der Waals surface area contributed by atoms with Crippen molar-refractivity contribution in [1.82, 2.24) is 9.88 Å². The topological polar surface area (TPSA) is 54.6 Å². The van der Waals surface area contributed by atoms with Gasteiger partial charge >= 0.3 is 0 Å². The molecule has 1 aromatic heterocycles. The molecule has 0 fully saturated rings. The van der Waals surface area contributed by atoms with Gasteiger partial charge in [0.15, 0.2) is 11.5 Å². The lowest BCUT2D eigenvalue weighted by Crippen LogP contribution is -2.51. The van der Waals surface area contributed by atoms with Gasteiger partial charge in [-0.25, -0.2) is 0 Å². The third-order valence-corrected chi connectivity index (χ3v) is 5.83. The summed E-state index contributed by atoms with van der Waals surface area (Å²) in [5.74, 6) is 1.30. The van der Waals surface area contributed by atoms with Gasteiger partial charge in [0, 0.05) is 46.1 Å². The van der Waals surface area contributed by atoms with E-state index in [0.717, 1.165) is 21.8 Å². The highest BCUT2D eigenvalue weighted by atomic mass is 79.9. The lowest BCUT2D eigenvalue weighted by molar-refractivity contribution is -0.145. The number of nitrogens with zero attached hydrogens (tertiary/aromatic N) is 1. The van der Waals surface area contributed by atoms with Crippen LogP contribution in [-0.2, 0) is 17.8 Å². The van der Waals surface area contributed by atoms with Crippen LogP contribution in [0.5, 0.6) is 11.5 Å². The second-order valence-electron chi connectivity index (χ2n) is 7.09. The number of para-hydroxylation sites is 2. The number of H-pyrrole nitrogens is 1. The van der Waals surface area contributed by atoms with E-state index >= 15 is 0 Å². The summed E-state index contributed by atoms with van der Waals surface area (Å²) in [6.45, 7) is 3.14. The Hall–Kier alpha value is -2.47. The van der Waals surface area contributed by atoms with Crippen molar-refractivity contribution < 1.29 is 14.3 Å². The van der Waals surface area contributed by atoms with Crippen LogP contribution in [0.2, 0.25) is 0 Å². The van der Waals surface area contributed by atoms with Gasteiger partial charge in [0.2, 0.25) is 6.10 Å². The van der Waals surface area contributed by atoms with Crippen LogP contribution < -0.4 is 9.47 Å². The van der Waals surface area contributed by atoms with Crippen molar-refractivity contribution in [3.63, 3.8) is 0 Å². The molecule has 0 saturated carbocycles. The summed E-state index contributed by atoms with van der Waals surface area (Å²) in [6, 6.07) is 13.7. The first kappa shape index (κ1) is 16.7. The van der Waals surface area contributed by atoms with E-state index in [9.17, 15) is 4.79 Å². The maximum absolute atomic E-state index is 13.2. The molecule has 0 saturated heterocycles. The van der Waals surface area contributed by atoms with Gasteiger partial charge in [0.05, 0.1) is 0 Å². The minimum Gasteiger partial charge on any atom is -0.482 e.